The molecular weight excluding hydrogens is 333 g/mol. The molecule has 0 fully saturated rings. The lowest BCUT2D eigenvalue weighted by molar-refractivity contribution is -0.112. The van der Waals surface area contributed by atoms with E-state index in [9.17, 15) is 13.2 Å². The molecule has 0 aromatic heterocycles. The molecule has 0 radical (unpaired) electrons. The van der Waals surface area contributed by atoms with Gasteiger partial charge in [0.25, 0.3) is 10.0 Å². The van der Waals surface area contributed by atoms with Crippen LogP contribution in [0.5, 0.6) is 0 Å². The van der Waals surface area contributed by atoms with Crippen LogP contribution < -0.4 is 0 Å². The highest BCUT2D eigenvalue weighted by Crippen LogP contribution is 2.31. The van der Waals surface area contributed by atoms with Gasteiger partial charge in [-0.1, -0.05) is 41.4 Å². The first kappa shape index (κ1) is 15.9. The third-order valence-electron chi connectivity index (χ3n) is 3.01. The molecule has 0 saturated heterocycles. The van der Waals surface area contributed by atoms with Crippen molar-refractivity contribution in [3.8, 4) is 0 Å². The van der Waals surface area contributed by atoms with Gasteiger partial charge >= 0.3 is 0 Å². The number of halogens is 2. The molecule has 2 rings (SSSR count). The molecule has 1 aromatic carbocycles. The zero-order chi connectivity index (χ0) is 15.8. The van der Waals surface area contributed by atoms with Crippen LogP contribution in [0.15, 0.2) is 60.8 Å². The molecule has 0 atom stereocenters. The minimum Gasteiger partial charge on any atom is -0.289 e. The van der Waals surface area contributed by atoms with Gasteiger partial charge in [0.2, 0.25) is 0 Å². The highest BCUT2D eigenvalue weighted by molar-refractivity contribution is 7.90. The van der Waals surface area contributed by atoms with Crippen LogP contribution in [0.4, 0.5) is 0 Å². The van der Waals surface area contributed by atoms with E-state index >= 15 is 0 Å². The molecule has 0 saturated carbocycles. The number of rotatable bonds is 2. The first-order valence-corrected chi connectivity index (χ1v) is 8.13. The summed E-state index contributed by atoms with van der Waals surface area (Å²) >= 11 is 12.1. The number of allylic oxidation sites excluding steroid dienone is 4. The van der Waals surface area contributed by atoms with Crippen molar-refractivity contribution in [2.45, 2.75) is 18.7 Å². The van der Waals surface area contributed by atoms with E-state index < -0.39 is 10.0 Å². The number of Topliss-reactive ketones (excluding diaryl/α,β-unsaturated/α-hetero) is 1. The number of hydrogen-bond donors (Lipinski definition) is 0. The van der Waals surface area contributed by atoms with Crippen molar-refractivity contribution in [2.24, 2.45) is 4.40 Å². The fourth-order valence-corrected chi connectivity index (χ4v) is 3.40. The van der Waals surface area contributed by atoms with Gasteiger partial charge in [-0.15, -0.1) is 0 Å². The SMILES string of the molecule is CC1=C(Cl)C(=NS(=O)(=O)c2ccccc2)C(Cl)=C(C)C1=O. The molecule has 0 spiro atoms. The zero-order valence-corrected chi connectivity index (χ0v) is 13.6. The zero-order valence-electron chi connectivity index (χ0n) is 11.2. The van der Waals surface area contributed by atoms with Gasteiger partial charge in [-0.2, -0.15) is 12.8 Å². The molecule has 1 aliphatic rings. The van der Waals surface area contributed by atoms with Gasteiger partial charge in [-0.05, 0) is 26.0 Å². The van der Waals surface area contributed by atoms with Crippen LogP contribution in [0.1, 0.15) is 13.8 Å². The predicted molar refractivity (Wildman–Crippen MR) is 83.2 cm³/mol. The van der Waals surface area contributed by atoms with E-state index in [0.29, 0.717) is 0 Å². The molecule has 1 aromatic rings. The van der Waals surface area contributed by atoms with Gasteiger partial charge in [0, 0.05) is 11.1 Å². The molecule has 0 heterocycles. The highest BCUT2D eigenvalue weighted by Gasteiger charge is 2.28. The van der Waals surface area contributed by atoms with Crippen LogP contribution in [0.25, 0.3) is 0 Å². The van der Waals surface area contributed by atoms with Crippen molar-refractivity contribution in [2.75, 3.05) is 0 Å². The lowest BCUT2D eigenvalue weighted by Gasteiger charge is -2.16. The number of carbonyl (C=O) groups is 1. The molecule has 7 heteroatoms. The van der Waals surface area contributed by atoms with Gasteiger partial charge in [-0.3, -0.25) is 4.79 Å². The van der Waals surface area contributed by atoms with E-state index in [4.69, 9.17) is 23.2 Å². The Hall–Kier alpha value is -1.43. The minimum atomic E-state index is -3.95. The Kier molecular flexibility index (Phi) is 4.37. The number of sulfonamides is 1. The van der Waals surface area contributed by atoms with Crippen molar-refractivity contribution in [3.05, 3.63) is 51.5 Å². The summed E-state index contributed by atoms with van der Waals surface area (Å²) in [6, 6.07) is 7.70. The summed E-state index contributed by atoms with van der Waals surface area (Å²) in [4.78, 5) is 11.9. The van der Waals surface area contributed by atoms with Crippen LogP contribution in [-0.4, -0.2) is 19.9 Å². The Balaban J connectivity index is 2.63. The normalized spacial score (nSPS) is 16.6. The third kappa shape index (κ3) is 2.95. The van der Waals surface area contributed by atoms with Crippen LogP contribution in [-0.2, 0) is 14.8 Å². The number of carbonyl (C=O) groups excluding carboxylic acids is 1. The number of nitrogens with zero attached hydrogens (tertiary/aromatic N) is 1. The summed E-state index contributed by atoms with van der Waals surface area (Å²) < 4.78 is 28.2. The molecule has 1 aliphatic carbocycles. The number of hydrogen-bond acceptors (Lipinski definition) is 3. The maximum atomic E-state index is 12.3. The first-order valence-electron chi connectivity index (χ1n) is 5.94. The van der Waals surface area contributed by atoms with E-state index in [-0.39, 0.29) is 37.6 Å². The van der Waals surface area contributed by atoms with Crippen molar-refractivity contribution in [3.63, 3.8) is 0 Å². The molecule has 0 bridgehead atoms. The van der Waals surface area contributed by atoms with Crippen molar-refractivity contribution in [1.82, 2.24) is 0 Å². The third-order valence-corrected chi connectivity index (χ3v) is 5.22. The van der Waals surface area contributed by atoms with E-state index in [1.54, 1.807) is 18.2 Å². The Morgan fingerprint density at radius 2 is 1.43 bits per heavy atom. The molecule has 21 heavy (non-hydrogen) atoms. The van der Waals surface area contributed by atoms with Crippen LogP contribution >= 0.6 is 23.2 Å². The van der Waals surface area contributed by atoms with Gasteiger partial charge < -0.3 is 0 Å². The molecule has 0 N–H and O–H groups in total. The van der Waals surface area contributed by atoms with Gasteiger partial charge in [0.1, 0.15) is 5.71 Å². The van der Waals surface area contributed by atoms with Crippen LogP contribution in [0.3, 0.4) is 0 Å². The number of ketones is 1. The summed E-state index contributed by atoms with van der Waals surface area (Å²) in [6.45, 7) is 3.00. The van der Waals surface area contributed by atoms with Crippen LogP contribution in [0, 0.1) is 0 Å². The quantitative estimate of drug-likeness (QED) is 0.772. The maximum absolute atomic E-state index is 12.3. The summed E-state index contributed by atoms with van der Waals surface area (Å²) in [7, 11) is -3.95. The fraction of sp³-hybridized carbons (Fsp3) is 0.143. The number of benzene rings is 1. The predicted octanol–water partition coefficient (Wildman–Crippen LogP) is 3.42. The smallest absolute Gasteiger partial charge is 0.282 e. The largest absolute Gasteiger partial charge is 0.289 e. The molecular formula is C14H11Cl2NO3S. The summed E-state index contributed by atoms with van der Waals surface area (Å²) in [5.41, 5.74) is 0.345. The summed E-state index contributed by atoms with van der Waals surface area (Å²) in [5, 5.41) is -0.0924. The van der Waals surface area contributed by atoms with E-state index in [2.05, 4.69) is 4.40 Å². The average molecular weight is 344 g/mol. The lowest BCUT2D eigenvalue weighted by Crippen LogP contribution is -2.18. The maximum Gasteiger partial charge on any atom is 0.282 e. The second kappa shape index (κ2) is 5.75. The molecule has 0 amide bonds. The van der Waals surface area contributed by atoms with E-state index in [0.717, 1.165) is 0 Å². The summed E-state index contributed by atoms with van der Waals surface area (Å²) in [6.07, 6.45) is 0. The molecule has 0 unspecified atom stereocenters. The monoisotopic (exact) mass is 343 g/mol. The van der Waals surface area contributed by atoms with E-state index in [1.807, 2.05) is 0 Å². The van der Waals surface area contributed by atoms with Crippen molar-refractivity contribution in [1.29, 1.82) is 0 Å². The van der Waals surface area contributed by atoms with Gasteiger partial charge in [-0.25, -0.2) is 0 Å². The van der Waals surface area contributed by atoms with Crippen LogP contribution in [0.2, 0.25) is 0 Å². The lowest BCUT2D eigenvalue weighted by atomic mass is 9.97. The molecule has 0 aliphatic heterocycles. The Labute approximate surface area is 132 Å². The topological polar surface area (TPSA) is 63.6 Å². The first-order chi connectivity index (χ1) is 9.75. The molecule has 110 valence electrons. The summed E-state index contributed by atoms with van der Waals surface area (Å²) in [5.74, 6) is -0.318. The molecule has 4 nitrogen and oxygen atoms in total. The second-order valence-electron chi connectivity index (χ2n) is 4.44. The van der Waals surface area contributed by atoms with Gasteiger partial charge in [0.15, 0.2) is 5.78 Å². The Bertz CT molecular complexity index is 776. The van der Waals surface area contributed by atoms with Crippen molar-refractivity contribution >= 4 is 44.7 Å². The highest BCUT2D eigenvalue weighted by atomic mass is 35.5. The fourth-order valence-electron chi connectivity index (χ4n) is 1.78. The minimum absolute atomic E-state index is 0.0265. The Morgan fingerprint density at radius 1 is 0.952 bits per heavy atom. The second-order valence-corrected chi connectivity index (χ2v) is 6.80. The standard InChI is InChI=1S/C14H11Cl2NO3S/c1-8-11(15)13(12(16)9(2)14(8)18)17-21(19,20)10-6-4-3-5-7-10/h3-7H,1-2H3. The average Bonchev–Trinajstić information content (AvgIpc) is 2.48. The Morgan fingerprint density at radius 3 is 1.90 bits per heavy atom. The van der Waals surface area contributed by atoms with Crippen molar-refractivity contribution < 1.29 is 13.2 Å². The van der Waals surface area contributed by atoms with E-state index in [1.165, 1.54) is 26.0 Å². The van der Waals surface area contributed by atoms with Gasteiger partial charge in [0.05, 0.1) is 15.0 Å².